The zero-order valence-electron chi connectivity index (χ0n) is 18.5. The summed E-state index contributed by atoms with van der Waals surface area (Å²) in [6.45, 7) is 2.07. The van der Waals surface area contributed by atoms with Gasteiger partial charge in [-0.15, -0.1) is 0 Å². The Balaban J connectivity index is 1.60. The molecule has 2 aliphatic heterocycles. The average Bonchev–Trinajstić information content (AvgIpc) is 2.81. The summed E-state index contributed by atoms with van der Waals surface area (Å²) in [5.74, 6) is -1.60. The van der Waals surface area contributed by atoms with Crippen molar-refractivity contribution in [2.75, 3.05) is 33.3 Å². The molecule has 2 unspecified atom stereocenters. The lowest BCUT2D eigenvalue weighted by Gasteiger charge is -2.50. The van der Waals surface area contributed by atoms with Crippen LogP contribution in [0.4, 0.5) is 17.6 Å². The molecule has 2 saturated heterocycles. The highest BCUT2D eigenvalue weighted by molar-refractivity contribution is 5.88. The molecule has 2 aromatic rings. The molecule has 8 heteroatoms. The first-order valence-electron chi connectivity index (χ1n) is 11.2. The van der Waals surface area contributed by atoms with Crippen molar-refractivity contribution in [1.82, 2.24) is 10.2 Å². The van der Waals surface area contributed by atoms with Gasteiger partial charge < -0.3 is 15.0 Å². The minimum absolute atomic E-state index is 0.0762. The van der Waals surface area contributed by atoms with Gasteiger partial charge in [0.25, 0.3) is 11.5 Å². The van der Waals surface area contributed by atoms with Crippen molar-refractivity contribution < 1.29 is 27.1 Å². The maximum absolute atomic E-state index is 14.3. The van der Waals surface area contributed by atoms with Gasteiger partial charge in [-0.1, -0.05) is 42.5 Å². The van der Waals surface area contributed by atoms with E-state index in [2.05, 4.69) is 17.4 Å². The van der Waals surface area contributed by atoms with E-state index < -0.39 is 29.1 Å². The number of likely N-dealkylation sites (tertiary alicyclic amines) is 1. The minimum atomic E-state index is -5.01. The number of piperidine rings is 2. The molecule has 2 aromatic carbocycles. The fourth-order valence-corrected chi connectivity index (χ4v) is 5.52. The van der Waals surface area contributed by atoms with Crippen LogP contribution in [0.2, 0.25) is 0 Å². The van der Waals surface area contributed by atoms with Gasteiger partial charge >= 0.3 is 6.18 Å². The van der Waals surface area contributed by atoms with Crippen LogP contribution in [-0.4, -0.2) is 50.3 Å². The predicted molar refractivity (Wildman–Crippen MR) is 116 cm³/mol. The van der Waals surface area contributed by atoms with Crippen LogP contribution in [0.25, 0.3) is 0 Å². The lowest BCUT2D eigenvalue weighted by Crippen LogP contribution is -2.59. The van der Waals surface area contributed by atoms with Crippen LogP contribution in [0.5, 0.6) is 0 Å². The number of carbonyl (C=O) groups is 1. The summed E-state index contributed by atoms with van der Waals surface area (Å²) >= 11 is 0. The fraction of sp³-hybridized carbons (Fsp3) is 0.480. The van der Waals surface area contributed by atoms with Crippen LogP contribution < -0.4 is 5.32 Å². The Morgan fingerprint density at radius 1 is 1.03 bits per heavy atom. The van der Waals surface area contributed by atoms with Crippen LogP contribution in [0.1, 0.15) is 36.3 Å². The lowest BCUT2D eigenvalue weighted by molar-refractivity contribution is -0.271. The Bertz CT molecular complexity index is 957. The number of halogens is 4. The second kappa shape index (κ2) is 9.06. The van der Waals surface area contributed by atoms with Gasteiger partial charge in [0.05, 0.1) is 0 Å². The summed E-state index contributed by atoms with van der Waals surface area (Å²) in [5.41, 5.74) is -2.46. The van der Waals surface area contributed by atoms with Gasteiger partial charge in [0.15, 0.2) is 0 Å². The number of ether oxygens (including phenoxy) is 1. The summed E-state index contributed by atoms with van der Waals surface area (Å²) in [6, 6.07) is 13.9. The van der Waals surface area contributed by atoms with Gasteiger partial charge in [0.2, 0.25) is 0 Å². The molecule has 0 bridgehead atoms. The molecule has 0 aromatic heterocycles. The van der Waals surface area contributed by atoms with Gasteiger partial charge in [-0.3, -0.25) is 4.79 Å². The summed E-state index contributed by atoms with van der Waals surface area (Å²) in [5, 5.41) is 3.44. The topological polar surface area (TPSA) is 41.6 Å². The number of carbonyl (C=O) groups excluding carboxylic acids is 1. The Labute approximate surface area is 190 Å². The molecule has 2 fully saturated rings. The third-order valence-electron chi connectivity index (χ3n) is 7.39. The monoisotopic (exact) mass is 464 g/mol. The third kappa shape index (κ3) is 4.15. The second-order valence-electron chi connectivity index (χ2n) is 8.96. The van der Waals surface area contributed by atoms with Crippen LogP contribution in [-0.2, 0) is 15.1 Å². The number of alkyl halides is 3. The molecule has 0 radical (unpaired) electrons. The molecule has 2 heterocycles. The quantitative estimate of drug-likeness (QED) is 0.672. The molecule has 1 amide bonds. The maximum atomic E-state index is 14.3. The van der Waals surface area contributed by atoms with E-state index in [1.54, 1.807) is 0 Å². The van der Waals surface area contributed by atoms with E-state index in [1.165, 1.54) is 10.5 Å². The van der Waals surface area contributed by atoms with Gasteiger partial charge in [0, 0.05) is 38.2 Å². The maximum Gasteiger partial charge on any atom is 0.430 e. The first kappa shape index (κ1) is 23.7. The van der Waals surface area contributed by atoms with Gasteiger partial charge in [0.1, 0.15) is 5.82 Å². The number of rotatable bonds is 4. The zero-order chi connectivity index (χ0) is 23.7. The van der Waals surface area contributed by atoms with E-state index in [1.807, 2.05) is 18.2 Å². The molecule has 33 heavy (non-hydrogen) atoms. The van der Waals surface area contributed by atoms with Crippen molar-refractivity contribution in [3.8, 4) is 0 Å². The number of benzene rings is 2. The van der Waals surface area contributed by atoms with Crippen molar-refractivity contribution in [3.05, 3.63) is 71.5 Å². The summed E-state index contributed by atoms with van der Waals surface area (Å²) < 4.78 is 61.3. The first-order valence-corrected chi connectivity index (χ1v) is 11.2. The van der Waals surface area contributed by atoms with Gasteiger partial charge in [-0.05, 0) is 48.9 Å². The number of nitrogens with zero attached hydrogens (tertiary/aromatic N) is 1. The highest BCUT2D eigenvalue weighted by Crippen LogP contribution is 2.50. The number of methoxy groups -OCH3 is 1. The van der Waals surface area contributed by atoms with Crippen molar-refractivity contribution in [2.24, 2.45) is 5.41 Å². The van der Waals surface area contributed by atoms with E-state index >= 15 is 0 Å². The number of hydrogen-bond donors (Lipinski definition) is 1. The van der Waals surface area contributed by atoms with Gasteiger partial charge in [-0.25, -0.2) is 4.39 Å². The summed E-state index contributed by atoms with van der Waals surface area (Å²) in [7, 11) is 0.873. The molecule has 4 rings (SSSR count). The van der Waals surface area contributed by atoms with E-state index in [4.69, 9.17) is 4.74 Å². The molecular formula is C25H28F4N2O2. The SMILES string of the molecule is COC(C(=O)N1CCC2(CCNCC2c2ccccc2)CC1)(c1ccc(F)cc1)C(F)(F)F. The van der Waals surface area contributed by atoms with Crippen LogP contribution in [0.3, 0.4) is 0 Å². The molecule has 1 spiro atoms. The Morgan fingerprint density at radius 2 is 1.67 bits per heavy atom. The molecule has 178 valence electrons. The number of amides is 1. The molecule has 1 N–H and O–H groups in total. The normalized spacial score (nSPS) is 22.7. The Kier molecular flexibility index (Phi) is 6.51. The smallest absolute Gasteiger partial charge is 0.356 e. The zero-order valence-corrected chi connectivity index (χ0v) is 18.5. The van der Waals surface area contributed by atoms with E-state index in [0.717, 1.165) is 50.9 Å². The highest BCUT2D eigenvalue weighted by atomic mass is 19.4. The van der Waals surface area contributed by atoms with E-state index in [-0.39, 0.29) is 24.4 Å². The largest absolute Gasteiger partial charge is 0.430 e. The third-order valence-corrected chi connectivity index (χ3v) is 7.39. The van der Waals surface area contributed by atoms with Crippen molar-refractivity contribution >= 4 is 5.91 Å². The molecule has 0 saturated carbocycles. The predicted octanol–water partition coefficient (Wildman–Crippen LogP) is 4.62. The van der Waals surface area contributed by atoms with Gasteiger partial charge in [-0.2, -0.15) is 13.2 Å². The molecular weight excluding hydrogens is 436 g/mol. The average molecular weight is 465 g/mol. The van der Waals surface area contributed by atoms with Crippen molar-refractivity contribution in [1.29, 1.82) is 0 Å². The van der Waals surface area contributed by atoms with Crippen molar-refractivity contribution in [2.45, 2.75) is 37.0 Å². The number of nitrogens with one attached hydrogen (secondary N) is 1. The minimum Gasteiger partial charge on any atom is -0.356 e. The Hall–Kier alpha value is -2.45. The van der Waals surface area contributed by atoms with Crippen molar-refractivity contribution in [3.63, 3.8) is 0 Å². The second-order valence-corrected chi connectivity index (χ2v) is 8.96. The first-order chi connectivity index (χ1) is 15.7. The Morgan fingerprint density at radius 3 is 2.24 bits per heavy atom. The summed E-state index contributed by atoms with van der Waals surface area (Å²) in [6.07, 6.45) is -2.88. The van der Waals surface area contributed by atoms with E-state index in [0.29, 0.717) is 12.8 Å². The number of hydrogen-bond acceptors (Lipinski definition) is 3. The van der Waals surface area contributed by atoms with Crippen LogP contribution >= 0.6 is 0 Å². The van der Waals surface area contributed by atoms with Crippen LogP contribution in [0.15, 0.2) is 54.6 Å². The fourth-order valence-electron chi connectivity index (χ4n) is 5.52. The molecule has 0 aliphatic carbocycles. The standard InChI is InChI=1S/C25H28F4N2O2/c1-33-24(25(27,28)29,19-7-9-20(26)10-8-19)22(32)31-15-12-23(13-16-31)11-14-30-17-21(23)18-5-3-2-4-6-18/h2-10,21,30H,11-17H2,1H3. The van der Waals surface area contributed by atoms with Crippen LogP contribution in [0, 0.1) is 11.2 Å². The highest BCUT2D eigenvalue weighted by Gasteiger charge is 2.64. The van der Waals surface area contributed by atoms with E-state index in [9.17, 15) is 22.4 Å². The lowest BCUT2D eigenvalue weighted by atomic mass is 9.62. The molecule has 4 nitrogen and oxygen atoms in total. The molecule has 2 atom stereocenters. The molecule has 2 aliphatic rings. The summed E-state index contributed by atoms with van der Waals surface area (Å²) in [4.78, 5) is 14.6.